The topological polar surface area (TPSA) is 3.24 Å². The van der Waals surface area contributed by atoms with Gasteiger partial charge in [-0.2, -0.15) is 0 Å². The van der Waals surface area contributed by atoms with Crippen molar-refractivity contribution in [3.05, 3.63) is 35.9 Å². The highest BCUT2D eigenvalue weighted by Gasteiger charge is 2.14. The third kappa shape index (κ3) is 3.12. The molecule has 0 unspecified atom stereocenters. The Balaban J connectivity index is 3.26. The molecule has 1 aromatic carbocycles. The van der Waals surface area contributed by atoms with Crippen LogP contribution in [0.2, 0.25) is 0 Å². The second kappa shape index (κ2) is 5.39. The minimum absolute atomic E-state index is 0.483. The lowest BCUT2D eigenvalue weighted by atomic mass is 9.93. The summed E-state index contributed by atoms with van der Waals surface area (Å²) in [5.74, 6) is 0.483. The Bertz CT molecular complexity index is 402. The minimum Gasteiger partial charge on any atom is -0.372 e. The van der Waals surface area contributed by atoms with Crippen LogP contribution >= 0.6 is 0 Å². The van der Waals surface area contributed by atoms with Crippen LogP contribution in [0, 0.1) is 12.8 Å². The number of benzene rings is 1. The fourth-order valence-electron chi connectivity index (χ4n) is 1.80. The van der Waals surface area contributed by atoms with Gasteiger partial charge in [0.15, 0.2) is 0 Å². The van der Waals surface area contributed by atoms with Gasteiger partial charge in [-0.15, -0.1) is 0 Å². The van der Waals surface area contributed by atoms with Crippen LogP contribution in [0.15, 0.2) is 24.8 Å². The van der Waals surface area contributed by atoms with Crippen LogP contribution in [0.4, 0.5) is 5.69 Å². The maximum absolute atomic E-state index is 4.24. The molecular formula is C16H25N. The van der Waals surface area contributed by atoms with Gasteiger partial charge in [0.25, 0.3) is 0 Å². The van der Waals surface area contributed by atoms with Gasteiger partial charge in [0, 0.05) is 24.3 Å². The van der Waals surface area contributed by atoms with Crippen LogP contribution in [0.1, 0.15) is 38.8 Å². The summed E-state index contributed by atoms with van der Waals surface area (Å²) in [4.78, 5) is 2.31. The van der Waals surface area contributed by atoms with E-state index in [1.165, 1.54) is 22.4 Å². The number of rotatable bonds is 4. The Labute approximate surface area is 106 Å². The van der Waals surface area contributed by atoms with Gasteiger partial charge >= 0.3 is 0 Å². The first kappa shape index (κ1) is 13.8. The van der Waals surface area contributed by atoms with Crippen LogP contribution in [0.25, 0.3) is 5.57 Å². The number of allylic oxidation sites excluding steroid dienone is 1. The quantitative estimate of drug-likeness (QED) is 0.737. The smallest absolute Gasteiger partial charge is 0.0442 e. The van der Waals surface area contributed by atoms with E-state index in [1.54, 1.807) is 0 Å². The minimum atomic E-state index is 0.483. The van der Waals surface area contributed by atoms with E-state index < -0.39 is 0 Å². The van der Waals surface area contributed by atoms with Crippen LogP contribution in [-0.4, -0.2) is 13.1 Å². The largest absolute Gasteiger partial charge is 0.372 e. The van der Waals surface area contributed by atoms with Crippen LogP contribution in [-0.2, 0) is 0 Å². The zero-order valence-corrected chi connectivity index (χ0v) is 12.0. The van der Waals surface area contributed by atoms with Crippen molar-refractivity contribution in [2.24, 2.45) is 5.92 Å². The fourth-order valence-corrected chi connectivity index (χ4v) is 1.80. The fraction of sp³-hybridized carbons (Fsp3) is 0.500. The van der Waals surface area contributed by atoms with Crippen molar-refractivity contribution in [3.8, 4) is 0 Å². The van der Waals surface area contributed by atoms with Gasteiger partial charge in [-0.3, -0.25) is 0 Å². The summed E-state index contributed by atoms with van der Waals surface area (Å²) in [6.07, 6.45) is 0. The highest BCUT2D eigenvalue weighted by molar-refractivity contribution is 5.77. The zero-order chi connectivity index (χ0) is 13.2. The summed E-state index contributed by atoms with van der Waals surface area (Å²) >= 11 is 0. The summed E-state index contributed by atoms with van der Waals surface area (Å²) < 4.78 is 0. The second-order valence-corrected chi connectivity index (χ2v) is 5.41. The molecule has 94 valence electrons. The molecule has 0 spiro atoms. The molecule has 0 radical (unpaired) electrons. The zero-order valence-electron chi connectivity index (χ0n) is 12.0. The lowest BCUT2D eigenvalue weighted by Crippen LogP contribution is -2.26. The predicted octanol–water partition coefficient (Wildman–Crippen LogP) is 4.51. The molecule has 1 nitrogen and oxygen atoms in total. The number of nitrogens with zero attached hydrogens (tertiary/aromatic N) is 1. The molecule has 1 rings (SSSR count). The number of hydrogen-bond donors (Lipinski definition) is 0. The third-order valence-electron chi connectivity index (χ3n) is 3.35. The van der Waals surface area contributed by atoms with E-state index in [2.05, 4.69) is 71.3 Å². The first-order valence-corrected chi connectivity index (χ1v) is 6.37. The highest BCUT2D eigenvalue weighted by atomic mass is 15.1. The molecule has 0 aliphatic carbocycles. The molecule has 0 heterocycles. The molecule has 1 aromatic rings. The first-order chi connectivity index (χ1) is 7.84. The molecule has 0 bridgehead atoms. The molecule has 0 fully saturated rings. The van der Waals surface area contributed by atoms with E-state index in [0.717, 1.165) is 0 Å². The van der Waals surface area contributed by atoms with E-state index in [1.807, 2.05) is 0 Å². The van der Waals surface area contributed by atoms with Crippen molar-refractivity contribution >= 4 is 11.3 Å². The number of aryl methyl sites for hydroxylation is 1. The van der Waals surface area contributed by atoms with Crippen molar-refractivity contribution in [1.82, 2.24) is 0 Å². The van der Waals surface area contributed by atoms with Gasteiger partial charge < -0.3 is 4.90 Å². The summed E-state index contributed by atoms with van der Waals surface area (Å²) in [5, 5.41) is 0. The second-order valence-electron chi connectivity index (χ2n) is 5.41. The molecule has 0 atom stereocenters. The average molecular weight is 231 g/mol. The standard InChI is InChI=1S/C16H25N/c1-11(2)14(6)15-10-13(5)8-9-16(15)17(7)12(3)4/h8-12H,6H2,1-5,7H3. The molecule has 0 saturated heterocycles. The molecule has 1 heteroatoms. The van der Waals surface area contributed by atoms with Crippen LogP contribution < -0.4 is 4.90 Å². The molecule has 0 amide bonds. The van der Waals surface area contributed by atoms with Crippen LogP contribution in [0.5, 0.6) is 0 Å². The normalized spacial score (nSPS) is 11.1. The Kier molecular flexibility index (Phi) is 4.39. The van der Waals surface area contributed by atoms with Gasteiger partial charge in [-0.25, -0.2) is 0 Å². The maximum Gasteiger partial charge on any atom is 0.0442 e. The Morgan fingerprint density at radius 1 is 1.18 bits per heavy atom. The maximum atomic E-state index is 4.24. The summed E-state index contributed by atoms with van der Waals surface area (Å²) in [5.41, 5.74) is 5.08. The molecule has 0 aromatic heterocycles. The van der Waals surface area contributed by atoms with Gasteiger partial charge in [0.05, 0.1) is 0 Å². The van der Waals surface area contributed by atoms with Gasteiger partial charge in [-0.05, 0) is 44.4 Å². The predicted molar refractivity (Wildman–Crippen MR) is 78.6 cm³/mol. The van der Waals surface area contributed by atoms with Crippen molar-refractivity contribution in [2.75, 3.05) is 11.9 Å². The van der Waals surface area contributed by atoms with E-state index in [-0.39, 0.29) is 0 Å². The summed E-state index contributed by atoms with van der Waals surface area (Å²) in [6, 6.07) is 7.12. The average Bonchev–Trinajstić information content (AvgIpc) is 2.26. The highest BCUT2D eigenvalue weighted by Crippen LogP contribution is 2.31. The third-order valence-corrected chi connectivity index (χ3v) is 3.35. The Morgan fingerprint density at radius 2 is 1.76 bits per heavy atom. The number of anilines is 1. The first-order valence-electron chi connectivity index (χ1n) is 6.37. The van der Waals surface area contributed by atoms with Gasteiger partial charge in [0.2, 0.25) is 0 Å². The van der Waals surface area contributed by atoms with Crippen molar-refractivity contribution in [3.63, 3.8) is 0 Å². The molecule has 0 aliphatic heterocycles. The molecule has 0 N–H and O–H groups in total. The van der Waals surface area contributed by atoms with E-state index in [0.29, 0.717) is 12.0 Å². The summed E-state index contributed by atoms with van der Waals surface area (Å²) in [7, 11) is 2.15. The van der Waals surface area contributed by atoms with Gasteiger partial charge in [-0.1, -0.05) is 32.1 Å². The SMILES string of the molecule is C=C(c1cc(C)ccc1N(C)C(C)C)C(C)C. The van der Waals surface area contributed by atoms with Crippen molar-refractivity contribution < 1.29 is 0 Å². The Hall–Kier alpha value is -1.24. The van der Waals surface area contributed by atoms with Crippen LogP contribution in [0.3, 0.4) is 0 Å². The lowest BCUT2D eigenvalue weighted by molar-refractivity contribution is 0.751. The number of hydrogen-bond acceptors (Lipinski definition) is 1. The molecular weight excluding hydrogens is 206 g/mol. The van der Waals surface area contributed by atoms with E-state index in [4.69, 9.17) is 0 Å². The van der Waals surface area contributed by atoms with Crippen molar-refractivity contribution in [2.45, 2.75) is 40.7 Å². The molecule has 0 aliphatic rings. The molecule has 0 saturated carbocycles. The summed E-state index contributed by atoms with van der Waals surface area (Å²) in [6.45, 7) is 15.2. The molecule has 17 heavy (non-hydrogen) atoms. The monoisotopic (exact) mass is 231 g/mol. The van der Waals surface area contributed by atoms with E-state index >= 15 is 0 Å². The van der Waals surface area contributed by atoms with Gasteiger partial charge in [0.1, 0.15) is 0 Å². The van der Waals surface area contributed by atoms with E-state index in [9.17, 15) is 0 Å². The Morgan fingerprint density at radius 3 is 2.24 bits per heavy atom. The van der Waals surface area contributed by atoms with Crippen molar-refractivity contribution in [1.29, 1.82) is 0 Å². The lowest BCUT2D eigenvalue weighted by Gasteiger charge is -2.28.